The van der Waals surface area contributed by atoms with E-state index in [0.29, 0.717) is 6.07 Å². The Morgan fingerprint density at radius 1 is 1.05 bits per heavy atom. The van der Waals surface area contributed by atoms with E-state index in [1.54, 1.807) is 13.1 Å². The number of hydrogen-bond acceptors (Lipinski definition) is 2. The summed E-state index contributed by atoms with van der Waals surface area (Å²) in [5.41, 5.74) is 0.0719. The summed E-state index contributed by atoms with van der Waals surface area (Å²) in [4.78, 5) is 0.783. The van der Waals surface area contributed by atoms with Crippen molar-refractivity contribution >= 4 is 43.2 Å². The molecule has 0 aliphatic heterocycles. The van der Waals surface area contributed by atoms with E-state index in [9.17, 15) is 13.2 Å². The Kier molecular flexibility index (Phi) is 4.70. The highest BCUT2D eigenvalue weighted by Gasteiger charge is 2.21. The molecule has 102 valence electrons. The maximum absolute atomic E-state index is 13.8. The first kappa shape index (κ1) is 15.0. The van der Waals surface area contributed by atoms with Gasteiger partial charge in [0.15, 0.2) is 11.6 Å². The minimum atomic E-state index is -1.19. The van der Waals surface area contributed by atoms with Crippen molar-refractivity contribution in [3.8, 4) is 0 Å². The van der Waals surface area contributed by atoms with Gasteiger partial charge in [-0.15, -0.1) is 11.3 Å². The van der Waals surface area contributed by atoms with Gasteiger partial charge in [0.25, 0.3) is 0 Å². The second kappa shape index (κ2) is 5.95. The predicted molar refractivity (Wildman–Crippen MR) is 76.9 cm³/mol. The van der Waals surface area contributed by atoms with Crippen molar-refractivity contribution in [2.24, 2.45) is 0 Å². The van der Waals surface area contributed by atoms with E-state index in [1.807, 2.05) is 0 Å². The van der Waals surface area contributed by atoms with Gasteiger partial charge in [0.1, 0.15) is 5.82 Å². The largest absolute Gasteiger partial charge is 0.309 e. The Morgan fingerprint density at radius 2 is 1.68 bits per heavy atom. The summed E-state index contributed by atoms with van der Waals surface area (Å²) in [5, 5.41) is 2.90. The third-order valence-corrected chi connectivity index (χ3v) is 5.91. The SMILES string of the molecule is CNC(c1cc(Br)c(Br)s1)c1cc(F)c(F)cc1F. The molecule has 1 N–H and O–H groups in total. The fourth-order valence-electron chi connectivity index (χ4n) is 1.72. The molecular formula is C12H8Br2F3NS. The zero-order valence-corrected chi connectivity index (χ0v) is 13.6. The lowest BCUT2D eigenvalue weighted by atomic mass is 10.0. The first-order valence-electron chi connectivity index (χ1n) is 5.20. The molecule has 19 heavy (non-hydrogen) atoms. The molecule has 7 heteroatoms. The van der Waals surface area contributed by atoms with Crippen LogP contribution in [-0.4, -0.2) is 7.05 Å². The summed E-state index contributed by atoms with van der Waals surface area (Å²) in [6, 6.07) is 2.71. The first-order valence-corrected chi connectivity index (χ1v) is 7.60. The fourth-order valence-corrected chi connectivity index (χ4v) is 3.93. The van der Waals surface area contributed by atoms with Gasteiger partial charge >= 0.3 is 0 Å². The van der Waals surface area contributed by atoms with Crippen LogP contribution in [0.5, 0.6) is 0 Å². The van der Waals surface area contributed by atoms with Gasteiger partial charge in [0.05, 0.1) is 9.83 Å². The van der Waals surface area contributed by atoms with Crippen LogP contribution in [-0.2, 0) is 0 Å². The van der Waals surface area contributed by atoms with Crippen molar-refractivity contribution < 1.29 is 13.2 Å². The van der Waals surface area contributed by atoms with Gasteiger partial charge in [0, 0.05) is 21.0 Å². The van der Waals surface area contributed by atoms with Gasteiger partial charge < -0.3 is 5.32 Å². The van der Waals surface area contributed by atoms with Crippen molar-refractivity contribution in [1.29, 1.82) is 0 Å². The van der Waals surface area contributed by atoms with Crippen molar-refractivity contribution in [3.63, 3.8) is 0 Å². The summed E-state index contributed by atoms with van der Waals surface area (Å²) in [7, 11) is 1.63. The summed E-state index contributed by atoms with van der Waals surface area (Å²) in [5.74, 6) is -3.03. The monoisotopic (exact) mass is 413 g/mol. The molecule has 2 rings (SSSR count). The van der Waals surface area contributed by atoms with E-state index < -0.39 is 23.5 Å². The molecular weight excluding hydrogens is 407 g/mol. The van der Waals surface area contributed by atoms with Gasteiger partial charge in [-0.05, 0) is 51.0 Å². The third-order valence-electron chi connectivity index (χ3n) is 2.59. The fraction of sp³-hybridized carbons (Fsp3) is 0.167. The molecule has 0 spiro atoms. The van der Waals surface area contributed by atoms with Crippen LogP contribution in [0.15, 0.2) is 26.5 Å². The number of hydrogen-bond donors (Lipinski definition) is 1. The number of thiophene rings is 1. The molecule has 0 amide bonds. The average Bonchev–Trinajstić information content (AvgIpc) is 2.67. The Labute approximate surface area is 129 Å². The Morgan fingerprint density at radius 3 is 2.21 bits per heavy atom. The van der Waals surface area contributed by atoms with E-state index in [2.05, 4.69) is 37.2 Å². The third kappa shape index (κ3) is 3.04. The molecule has 1 nitrogen and oxygen atoms in total. The molecule has 1 aromatic carbocycles. The normalized spacial score (nSPS) is 12.7. The van der Waals surface area contributed by atoms with Crippen LogP contribution < -0.4 is 5.32 Å². The summed E-state index contributed by atoms with van der Waals surface area (Å²) in [6.07, 6.45) is 0. The van der Waals surface area contributed by atoms with E-state index >= 15 is 0 Å². The molecule has 0 radical (unpaired) electrons. The second-order valence-corrected chi connectivity index (χ2v) is 7.04. The second-order valence-electron chi connectivity index (χ2n) is 3.78. The molecule has 0 aliphatic rings. The maximum atomic E-state index is 13.8. The Hall–Kier alpha value is -0.370. The van der Waals surface area contributed by atoms with E-state index in [-0.39, 0.29) is 5.56 Å². The molecule has 0 aliphatic carbocycles. The minimum absolute atomic E-state index is 0.0719. The standard InChI is InChI=1S/C12H8Br2F3NS/c1-18-11(10-3-6(13)12(14)19-10)5-2-8(16)9(17)4-7(5)15/h2-4,11,18H,1H3. The average molecular weight is 415 g/mol. The smallest absolute Gasteiger partial charge is 0.161 e. The van der Waals surface area contributed by atoms with Crippen LogP contribution in [0.3, 0.4) is 0 Å². The lowest BCUT2D eigenvalue weighted by molar-refractivity contribution is 0.484. The lowest BCUT2D eigenvalue weighted by Crippen LogP contribution is -2.18. The van der Waals surface area contributed by atoms with E-state index in [4.69, 9.17) is 0 Å². The molecule has 1 unspecified atom stereocenters. The van der Waals surface area contributed by atoms with Crippen molar-refractivity contribution in [1.82, 2.24) is 5.32 Å². The number of benzene rings is 1. The Bertz CT molecular complexity index is 596. The Balaban J connectivity index is 2.50. The van der Waals surface area contributed by atoms with Gasteiger partial charge in [-0.1, -0.05) is 0 Å². The zero-order chi connectivity index (χ0) is 14.2. The van der Waals surface area contributed by atoms with Crippen LogP contribution >= 0.6 is 43.2 Å². The number of nitrogens with one attached hydrogen (secondary N) is 1. The maximum Gasteiger partial charge on any atom is 0.161 e. The molecule has 1 heterocycles. The highest BCUT2D eigenvalue weighted by molar-refractivity contribution is 9.13. The highest BCUT2D eigenvalue weighted by atomic mass is 79.9. The van der Waals surface area contributed by atoms with E-state index in [1.165, 1.54) is 11.3 Å². The van der Waals surface area contributed by atoms with Crippen LogP contribution in [0.2, 0.25) is 0 Å². The lowest BCUT2D eigenvalue weighted by Gasteiger charge is -2.16. The summed E-state index contributed by atoms with van der Waals surface area (Å²) in [6.45, 7) is 0. The van der Waals surface area contributed by atoms with Crippen molar-refractivity contribution in [2.75, 3.05) is 7.05 Å². The molecule has 1 atom stereocenters. The number of halogens is 5. The summed E-state index contributed by atoms with van der Waals surface area (Å²) < 4.78 is 41.7. The van der Waals surface area contributed by atoms with Crippen LogP contribution in [0, 0.1) is 17.5 Å². The molecule has 0 fully saturated rings. The topological polar surface area (TPSA) is 12.0 Å². The zero-order valence-electron chi connectivity index (χ0n) is 9.61. The van der Waals surface area contributed by atoms with Gasteiger partial charge in [-0.3, -0.25) is 0 Å². The number of rotatable bonds is 3. The summed E-state index contributed by atoms with van der Waals surface area (Å²) >= 11 is 8.07. The molecule has 0 saturated heterocycles. The van der Waals surface area contributed by atoms with Crippen LogP contribution in [0.25, 0.3) is 0 Å². The van der Waals surface area contributed by atoms with Crippen molar-refractivity contribution in [3.05, 3.63) is 54.4 Å². The quantitative estimate of drug-likeness (QED) is 0.697. The van der Waals surface area contributed by atoms with Crippen LogP contribution in [0.4, 0.5) is 13.2 Å². The van der Waals surface area contributed by atoms with Crippen LogP contribution in [0.1, 0.15) is 16.5 Å². The van der Waals surface area contributed by atoms with Gasteiger partial charge in [0.2, 0.25) is 0 Å². The molecule has 1 aromatic heterocycles. The molecule has 2 aromatic rings. The first-order chi connectivity index (χ1) is 8.93. The molecule has 0 saturated carbocycles. The predicted octanol–water partition coefficient (Wildman–Crippen LogP) is 5.00. The van der Waals surface area contributed by atoms with Gasteiger partial charge in [-0.25, -0.2) is 13.2 Å². The van der Waals surface area contributed by atoms with E-state index in [0.717, 1.165) is 19.2 Å². The molecule has 0 bridgehead atoms. The van der Waals surface area contributed by atoms with Crippen molar-refractivity contribution in [2.45, 2.75) is 6.04 Å². The van der Waals surface area contributed by atoms with Gasteiger partial charge in [-0.2, -0.15) is 0 Å². The minimum Gasteiger partial charge on any atom is -0.309 e. The highest BCUT2D eigenvalue weighted by Crippen LogP contribution is 2.38.